The summed E-state index contributed by atoms with van der Waals surface area (Å²) in [5.74, 6) is -2.84. The zero-order chi connectivity index (χ0) is 15.5. The fourth-order valence-electron chi connectivity index (χ4n) is 1.94. The molecule has 1 heterocycles. The standard InChI is InChI=1S/C12H18F3N3OS/c1-6-4-9(8(3)20-6)7(2)17-5-10(11(16)18-19)12(13,14)15/h4,7,10,17,19H,5H2,1-3H3,(H2,16,18). The third-order valence-corrected chi connectivity index (χ3v) is 4.02. The van der Waals surface area contributed by atoms with Gasteiger partial charge in [0.15, 0.2) is 5.84 Å². The lowest BCUT2D eigenvalue weighted by Gasteiger charge is -2.22. The molecule has 0 aliphatic carbocycles. The zero-order valence-corrected chi connectivity index (χ0v) is 12.3. The van der Waals surface area contributed by atoms with E-state index in [9.17, 15) is 13.2 Å². The molecule has 114 valence electrons. The lowest BCUT2D eigenvalue weighted by Crippen LogP contribution is -2.43. The summed E-state index contributed by atoms with van der Waals surface area (Å²) in [6, 6.07) is 1.71. The van der Waals surface area contributed by atoms with Gasteiger partial charge >= 0.3 is 6.18 Å². The monoisotopic (exact) mass is 309 g/mol. The number of nitrogens with one attached hydrogen (secondary N) is 1. The van der Waals surface area contributed by atoms with Crippen LogP contribution in [0.5, 0.6) is 0 Å². The van der Waals surface area contributed by atoms with Crippen molar-refractivity contribution in [1.82, 2.24) is 5.32 Å². The first-order valence-electron chi connectivity index (χ1n) is 6.01. The van der Waals surface area contributed by atoms with Crippen molar-refractivity contribution in [3.8, 4) is 0 Å². The van der Waals surface area contributed by atoms with E-state index in [1.54, 1.807) is 18.3 Å². The molecule has 1 aromatic heterocycles. The Kier molecular flexibility index (Phi) is 5.41. The smallest absolute Gasteiger partial charge is 0.400 e. The number of oxime groups is 1. The second-order valence-electron chi connectivity index (χ2n) is 4.62. The van der Waals surface area contributed by atoms with Crippen LogP contribution in [-0.4, -0.2) is 23.8 Å². The van der Waals surface area contributed by atoms with Crippen LogP contribution < -0.4 is 11.1 Å². The topological polar surface area (TPSA) is 70.6 Å². The fourth-order valence-corrected chi connectivity index (χ4v) is 2.97. The summed E-state index contributed by atoms with van der Waals surface area (Å²) in [6.45, 7) is 5.22. The van der Waals surface area contributed by atoms with Gasteiger partial charge in [-0.15, -0.1) is 11.3 Å². The van der Waals surface area contributed by atoms with Crippen molar-refractivity contribution in [3.05, 3.63) is 21.4 Å². The molecule has 1 aromatic rings. The summed E-state index contributed by atoms with van der Waals surface area (Å²) in [7, 11) is 0. The van der Waals surface area contributed by atoms with Crippen molar-refractivity contribution in [1.29, 1.82) is 0 Å². The Morgan fingerprint density at radius 1 is 1.50 bits per heavy atom. The minimum Gasteiger partial charge on any atom is -0.409 e. The molecule has 0 aliphatic heterocycles. The third kappa shape index (κ3) is 4.11. The molecule has 1 rings (SSSR count). The minimum absolute atomic E-state index is 0.240. The molecule has 4 N–H and O–H groups in total. The number of aryl methyl sites for hydroxylation is 2. The number of halogens is 3. The van der Waals surface area contributed by atoms with Gasteiger partial charge in [0.1, 0.15) is 5.92 Å². The van der Waals surface area contributed by atoms with Gasteiger partial charge in [-0.3, -0.25) is 0 Å². The van der Waals surface area contributed by atoms with Crippen molar-refractivity contribution in [2.45, 2.75) is 33.0 Å². The number of hydrogen-bond acceptors (Lipinski definition) is 4. The summed E-state index contributed by atoms with van der Waals surface area (Å²) in [4.78, 5) is 2.17. The molecular formula is C12H18F3N3OS. The maximum Gasteiger partial charge on any atom is 0.400 e. The number of hydrogen-bond donors (Lipinski definition) is 3. The van der Waals surface area contributed by atoms with Crippen molar-refractivity contribution in [2.75, 3.05) is 6.54 Å². The van der Waals surface area contributed by atoms with Gasteiger partial charge in [0.25, 0.3) is 0 Å². The predicted molar refractivity (Wildman–Crippen MR) is 73.2 cm³/mol. The number of nitrogens with two attached hydrogens (primary N) is 1. The molecule has 0 saturated heterocycles. The second kappa shape index (κ2) is 6.45. The molecule has 0 aromatic carbocycles. The molecule has 0 bridgehead atoms. The van der Waals surface area contributed by atoms with Crippen LogP contribution in [-0.2, 0) is 0 Å². The van der Waals surface area contributed by atoms with E-state index in [-0.39, 0.29) is 6.04 Å². The first-order chi connectivity index (χ1) is 9.16. The molecular weight excluding hydrogens is 291 g/mol. The van der Waals surface area contributed by atoms with Crippen molar-refractivity contribution in [3.63, 3.8) is 0 Å². The SMILES string of the molecule is Cc1cc(C(C)NCC(/C(N)=N/O)C(F)(F)F)c(C)s1. The van der Waals surface area contributed by atoms with E-state index in [1.807, 2.05) is 19.9 Å². The van der Waals surface area contributed by atoms with Crippen molar-refractivity contribution in [2.24, 2.45) is 16.8 Å². The van der Waals surface area contributed by atoms with Gasteiger partial charge < -0.3 is 16.3 Å². The summed E-state index contributed by atoms with van der Waals surface area (Å²) in [5, 5.41) is 13.7. The third-order valence-electron chi connectivity index (χ3n) is 3.04. The summed E-state index contributed by atoms with van der Waals surface area (Å²) in [5.41, 5.74) is 6.07. The van der Waals surface area contributed by atoms with Gasteiger partial charge in [-0.25, -0.2) is 0 Å². The normalized spacial score (nSPS) is 16.2. The molecule has 2 atom stereocenters. The maximum absolute atomic E-state index is 12.8. The highest BCUT2D eigenvalue weighted by Crippen LogP contribution is 2.29. The molecule has 0 aliphatic rings. The lowest BCUT2D eigenvalue weighted by molar-refractivity contribution is -0.155. The molecule has 0 spiro atoms. The van der Waals surface area contributed by atoms with E-state index in [1.165, 1.54) is 0 Å². The predicted octanol–water partition coefficient (Wildman–Crippen LogP) is 2.94. The molecule has 4 nitrogen and oxygen atoms in total. The van der Waals surface area contributed by atoms with Crippen LogP contribution in [0.25, 0.3) is 0 Å². The van der Waals surface area contributed by atoms with Crippen LogP contribution in [0.4, 0.5) is 13.2 Å². The molecule has 0 amide bonds. The van der Waals surface area contributed by atoms with Crippen LogP contribution >= 0.6 is 11.3 Å². The fraction of sp³-hybridized carbons (Fsp3) is 0.583. The van der Waals surface area contributed by atoms with Gasteiger partial charge in [0.2, 0.25) is 0 Å². The van der Waals surface area contributed by atoms with Crippen molar-refractivity contribution < 1.29 is 18.4 Å². The quantitative estimate of drug-likeness (QED) is 0.339. The first kappa shape index (κ1) is 16.8. The van der Waals surface area contributed by atoms with Crippen LogP contribution in [0.3, 0.4) is 0 Å². The number of nitrogens with zero attached hydrogens (tertiary/aromatic N) is 1. The highest BCUT2D eigenvalue weighted by molar-refractivity contribution is 7.12. The first-order valence-corrected chi connectivity index (χ1v) is 6.83. The van der Waals surface area contributed by atoms with Gasteiger partial charge in [-0.1, -0.05) is 5.16 Å². The highest BCUT2D eigenvalue weighted by Gasteiger charge is 2.42. The van der Waals surface area contributed by atoms with Crippen LogP contribution in [0.2, 0.25) is 0 Å². The molecule has 2 unspecified atom stereocenters. The van der Waals surface area contributed by atoms with Gasteiger partial charge in [0.05, 0.1) is 0 Å². The van der Waals surface area contributed by atoms with E-state index in [0.29, 0.717) is 0 Å². The van der Waals surface area contributed by atoms with E-state index < -0.39 is 24.5 Å². The van der Waals surface area contributed by atoms with E-state index in [0.717, 1.165) is 15.3 Å². The second-order valence-corrected chi connectivity index (χ2v) is 6.08. The molecule has 20 heavy (non-hydrogen) atoms. The number of rotatable bonds is 5. The average molecular weight is 309 g/mol. The lowest BCUT2D eigenvalue weighted by atomic mass is 10.1. The van der Waals surface area contributed by atoms with Crippen molar-refractivity contribution >= 4 is 17.2 Å². The largest absolute Gasteiger partial charge is 0.409 e. The summed E-state index contributed by atoms with van der Waals surface area (Å²) >= 11 is 1.60. The molecule has 8 heteroatoms. The Bertz CT molecular complexity index is 485. The molecule has 0 radical (unpaired) electrons. The molecule has 0 saturated carbocycles. The Labute approximate surface area is 119 Å². The highest BCUT2D eigenvalue weighted by atomic mass is 32.1. The van der Waals surface area contributed by atoms with E-state index in [2.05, 4.69) is 10.5 Å². The number of thiophene rings is 1. The number of alkyl halides is 3. The Balaban J connectivity index is 2.75. The average Bonchev–Trinajstić information content (AvgIpc) is 2.66. The number of amidine groups is 1. The minimum atomic E-state index is -4.55. The van der Waals surface area contributed by atoms with Crippen LogP contribution in [0, 0.1) is 19.8 Å². The zero-order valence-electron chi connectivity index (χ0n) is 11.5. The maximum atomic E-state index is 12.8. The van der Waals surface area contributed by atoms with E-state index in [4.69, 9.17) is 10.9 Å². The Hall–Kier alpha value is -1.28. The van der Waals surface area contributed by atoms with Gasteiger partial charge in [-0.05, 0) is 32.4 Å². The van der Waals surface area contributed by atoms with Gasteiger partial charge in [-0.2, -0.15) is 13.2 Å². The Morgan fingerprint density at radius 3 is 2.50 bits per heavy atom. The Morgan fingerprint density at radius 2 is 2.10 bits per heavy atom. The van der Waals surface area contributed by atoms with E-state index >= 15 is 0 Å². The van der Waals surface area contributed by atoms with Gasteiger partial charge in [0, 0.05) is 22.3 Å². The summed E-state index contributed by atoms with van der Waals surface area (Å²) in [6.07, 6.45) is -4.55. The van der Waals surface area contributed by atoms with Crippen LogP contribution in [0.1, 0.15) is 28.3 Å². The summed E-state index contributed by atoms with van der Waals surface area (Å²) < 4.78 is 38.4. The van der Waals surface area contributed by atoms with Crippen LogP contribution in [0.15, 0.2) is 11.2 Å². The molecule has 0 fully saturated rings.